The molecule has 1 rings (SSSR count). The first-order chi connectivity index (χ1) is 8.54. The highest BCUT2D eigenvalue weighted by molar-refractivity contribution is 7.99. The molecule has 104 valence electrons. The highest BCUT2D eigenvalue weighted by Crippen LogP contribution is 2.39. The Morgan fingerprint density at radius 2 is 1.89 bits per heavy atom. The second kappa shape index (κ2) is 8.12. The van der Waals surface area contributed by atoms with Gasteiger partial charge in [0, 0.05) is 12.3 Å². The summed E-state index contributed by atoms with van der Waals surface area (Å²) in [5, 5.41) is 3.58. The molecule has 0 atom stereocenters. The van der Waals surface area contributed by atoms with Crippen molar-refractivity contribution >= 4 is 11.8 Å². The molecule has 0 heterocycles. The van der Waals surface area contributed by atoms with Crippen molar-refractivity contribution in [1.82, 2.24) is 5.32 Å². The third-order valence-corrected chi connectivity index (χ3v) is 4.98. The molecule has 0 unspecified atom stereocenters. The number of terminal acetylenes is 1. The Morgan fingerprint density at radius 3 is 2.44 bits per heavy atom. The lowest BCUT2D eigenvalue weighted by Crippen LogP contribution is -2.31. The van der Waals surface area contributed by atoms with Crippen LogP contribution in [0.1, 0.15) is 46.5 Å². The van der Waals surface area contributed by atoms with E-state index in [9.17, 15) is 0 Å². The van der Waals surface area contributed by atoms with Crippen LogP contribution in [0.25, 0.3) is 0 Å². The largest absolute Gasteiger partial charge is 0.316 e. The summed E-state index contributed by atoms with van der Waals surface area (Å²) in [6.45, 7) is 9.47. The summed E-state index contributed by atoms with van der Waals surface area (Å²) in [6.07, 6.45) is 10.9. The molecule has 0 aromatic carbocycles. The lowest BCUT2D eigenvalue weighted by Gasteiger charge is -2.37. The lowest BCUT2D eigenvalue weighted by atomic mass is 9.70. The molecule has 1 nitrogen and oxygen atoms in total. The summed E-state index contributed by atoms with van der Waals surface area (Å²) in [6, 6.07) is 0. The van der Waals surface area contributed by atoms with Crippen molar-refractivity contribution in [3.05, 3.63) is 0 Å². The number of hydrogen-bond donors (Lipinski definition) is 1. The van der Waals surface area contributed by atoms with Crippen LogP contribution in [0.15, 0.2) is 0 Å². The fourth-order valence-corrected chi connectivity index (χ4v) is 3.37. The van der Waals surface area contributed by atoms with Crippen LogP contribution in [0.2, 0.25) is 0 Å². The first-order valence-corrected chi connectivity index (χ1v) is 8.41. The molecular formula is C16H29NS. The van der Waals surface area contributed by atoms with Crippen molar-refractivity contribution < 1.29 is 0 Å². The summed E-state index contributed by atoms with van der Waals surface area (Å²) >= 11 is 1.84. The third kappa shape index (κ3) is 6.16. The fraction of sp³-hybridized carbons (Fsp3) is 0.875. The molecule has 0 bridgehead atoms. The molecule has 0 saturated heterocycles. The summed E-state index contributed by atoms with van der Waals surface area (Å²) in [7, 11) is 0. The molecule has 1 saturated carbocycles. The van der Waals surface area contributed by atoms with E-state index >= 15 is 0 Å². The zero-order chi connectivity index (χ0) is 13.4. The first kappa shape index (κ1) is 15.9. The van der Waals surface area contributed by atoms with E-state index in [-0.39, 0.29) is 0 Å². The predicted octanol–water partition coefficient (Wildman–Crippen LogP) is 3.79. The van der Waals surface area contributed by atoms with Crippen molar-refractivity contribution in [2.45, 2.75) is 46.5 Å². The van der Waals surface area contributed by atoms with E-state index in [1.165, 1.54) is 32.2 Å². The van der Waals surface area contributed by atoms with Crippen LogP contribution >= 0.6 is 11.8 Å². The predicted molar refractivity (Wildman–Crippen MR) is 83.9 cm³/mol. The maximum Gasteiger partial charge on any atom is 0.0545 e. The molecule has 0 amide bonds. The molecular weight excluding hydrogens is 238 g/mol. The molecule has 1 fully saturated rings. The summed E-state index contributed by atoms with van der Waals surface area (Å²) in [5.74, 6) is 6.48. The highest BCUT2D eigenvalue weighted by atomic mass is 32.2. The lowest BCUT2D eigenvalue weighted by molar-refractivity contribution is 0.149. The van der Waals surface area contributed by atoms with Crippen LogP contribution in [0, 0.1) is 29.6 Å². The van der Waals surface area contributed by atoms with Gasteiger partial charge >= 0.3 is 0 Å². The van der Waals surface area contributed by atoms with Gasteiger partial charge in [0.2, 0.25) is 0 Å². The summed E-state index contributed by atoms with van der Waals surface area (Å²) in [4.78, 5) is 0. The van der Waals surface area contributed by atoms with Gasteiger partial charge in [-0.1, -0.05) is 26.7 Å². The number of thioether (sulfide) groups is 1. The average Bonchev–Trinajstić information content (AvgIpc) is 2.33. The quantitative estimate of drug-likeness (QED) is 0.580. The van der Waals surface area contributed by atoms with Gasteiger partial charge in [-0.05, 0) is 49.5 Å². The Labute approximate surface area is 118 Å². The minimum Gasteiger partial charge on any atom is -0.316 e. The van der Waals surface area contributed by atoms with E-state index in [1.807, 2.05) is 11.8 Å². The second-order valence-electron chi connectivity index (χ2n) is 6.54. The third-order valence-electron chi connectivity index (χ3n) is 4.11. The van der Waals surface area contributed by atoms with Crippen LogP contribution < -0.4 is 5.32 Å². The highest BCUT2D eigenvalue weighted by Gasteiger charge is 2.29. The van der Waals surface area contributed by atoms with E-state index in [0.29, 0.717) is 5.41 Å². The molecule has 1 N–H and O–H groups in total. The smallest absolute Gasteiger partial charge is 0.0545 e. The monoisotopic (exact) mass is 267 g/mol. The normalized spacial score (nSPS) is 24.8. The zero-order valence-electron chi connectivity index (χ0n) is 12.3. The number of hydrogen-bond acceptors (Lipinski definition) is 2. The maximum atomic E-state index is 5.22. The van der Waals surface area contributed by atoms with E-state index in [0.717, 1.165) is 29.9 Å². The van der Waals surface area contributed by atoms with Gasteiger partial charge in [0.05, 0.1) is 5.75 Å². The number of nitrogens with one attached hydrogen (secondary N) is 1. The minimum atomic E-state index is 0.504. The maximum absolute atomic E-state index is 5.22. The molecule has 1 aliphatic carbocycles. The van der Waals surface area contributed by atoms with E-state index in [1.54, 1.807) is 0 Å². The van der Waals surface area contributed by atoms with E-state index in [4.69, 9.17) is 6.42 Å². The van der Waals surface area contributed by atoms with Gasteiger partial charge in [0.1, 0.15) is 0 Å². The Kier molecular flexibility index (Phi) is 7.19. The second-order valence-corrected chi connectivity index (χ2v) is 7.65. The molecule has 0 aromatic heterocycles. The standard InChI is InChI=1S/C16H29NS/c1-5-11-18-12-10-17-13-14-6-8-15(9-7-14)16(2,3)4/h1,14-15,17H,6-13H2,2-4H3. The average molecular weight is 267 g/mol. The summed E-state index contributed by atoms with van der Waals surface area (Å²) in [5.41, 5.74) is 0.504. The van der Waals surface area contributed by atoms with Gasteiger partial charge in [-0.25, -0.2) is 0 Å². The minimum absolute atomic E-state index is 0.504. The topological polar surface area (TPSA) is 12.0 Å². The van der Waals surface area contributed by atoms with Crippen LogP contribution in [-0.2, 0) is 0 Å². The van der Waals surface area contributed by atoms with Crippen molar-refractivity contribution in [3.8, 4) is 12.3 Å². The molecule has 1 aliphatic rings. The molecule has 18 heavy (non-hydrogen) atoms. The van der Waals surface area contributed by atoms with Crippen LogP contribution in [0.3, 0.4) is 0 Å². The van der Waals surface area contributed by atoms with Gasteiger partial charge in [0.15, 0.2) is 0 Å². The van der Waals surface area contributed by atoms with E-state index < -0.39 is 0 Å². The van der Waals surface area contributed by atoms with Crippen molar-refractivity contribution in [1.29, 1.82) is 0 Å². The number of rotatable bonds is 6. The van der Waals surface area contributed by atoms with Crippen LogP contribution in [0.5, 0.6) is 0 Å². The van der Waals surface area contributed by atoms with Crippen molar-refractivity contribution in [2.75, 3.05) is 24.6 Å². The molecule has 0 aromatic rings. The van der Waals surface area contributed by atoms with Gasteiger partial charge < -0.3 is 5.32 Å². The van der Waals surface area contributed by atoms with E-state index in [2.05, 4.69) is 32.0 Å². The van der Waals surface area contributed by atoms with Gasteiger partial charge in [-0.2, -0.15) is 0 Å². The fourth-order valence-electron chi connectivity index (χ4n) is 2.81. The Balaban J connectivity index is 2.04. The van der Waals surface area contributed by atoms with Crippen LogP contribution in [0.4, 0.5) is 0 Å². The van der Waals surface area contributed by atoms with Gasteiger partial charge in [0.25, 0.3) is 0 Å². The molecule has 2 heteroatoms. The molecule has 0 spiro atoms. The Hall–Kier alpha value is -0.130. The van der Waals surface area contributed by atoms with Crippen molar-refractivity contribution in [3.63, 3.8) is 0 Å². The molecule has 0 aliphatic heterocycles. The van der Waals surface area contributed by atoms with Gasteiger partial charge in [-0.3, -0.25) is 0 Å². The first-order valence-electron chi connectivity index (χ1n) is 7.26. The van der Waals surface area contributed by atoms with Crippen molar-refractivity contribution in [2.24, 2.45) is 17.3 Å². The zero-order valence-corrected chi connectivity index (χ0v) is 13.1. The Morgan fingerprint density at radius 1 is 1.22 bits per heavy atom. The molecule has 0 radical (unpaired) electrons. The van der Waals surface area contributed by atoms with Gasteiger partial charge in [-0.15, -0.1) is 18.2 Å². The Bertz CT molecular complexity index is 253. The van der Waals surface area contributed by atoms with Crippen LogP contribution in [-0.4, -0.2) is 24.6 Å². The SMILES string of the molecule is C#CCSCCNCC1CCC(C(C)(C)C)CC1. The summed E-state index contributed by atoms with van der Waals surface area (Å²) < 4.78 is 0.